The fraction of sp³-hybridized carbons (Fsp3) is 0.400. The van der Waals surface area contributed by atoms with Crippen LogP contribution in [0.25, 0.3) is 0 Å². The van der Waals surface area contributed by atoms with Gasteiger partial charge in [-0.2, -0.15) is 0 Å². The molecular weight excluding hydrogens is 303 g/mol. The molecule has 2 aliphatic rings. The summed E-state index contributed by atoms with van der Waals surface area (Å²) in [6, 6.07) is 10.4. The van der Waals surface area contributed by atoms with Crippen molar-refractivity contribution in [1.29, 1.82) is 0 Å². The molecule has 4 heteroatoms. The fourth-order valence-corrected chi connectivity index (χ4v) is 4.08. The first-order valence-corrected chi connectivity index (χ1v) is 8.39. The Morgan fingerprint density at radius 3 is 2.42 bits per heavy atom. The van der Waals surface area contributed by atoms with Gasteiger partial charge >= 0.3 is 0 Å². The van der Waals surface area contributed by atoms with E-state index < -0.39 is 5.41 Å². The summed E-state index contributed by atoms with van der Waals surface area (Å²) in [4.78, 5) is 19.3. The minimum absolute atomic E-state index is 0.0820. The number of amides is 1. The highest BCUT2D eigenvalue weighted by atomic mass is 19.1. The van der Waals surface area contributed by atoms with Gasteiger partial charge in [-0.15, -0.1) is 0 Å². The number of aromatic nitrogens is 1. The summed E-state index contributed by atoms with van der Waals surface area (Å²) in [5, 5.41) is 0. The number of hydrogen-bond donors (Lipinski definition) is 0. The number of pyridine rings is 1. The second kappa shape index (κ2) is 5.13. The van der Waals surface area contributed by atoms with Crippen LogP contribution in [0, 0.1) is 11.2 Å². The quantitative estimate of drug-likeness (QED) is 0.865. The first-order valence-electron chi connectivity index (χ1n) is 8.39. The molecular formula is C20H21FN2O. The van der Waals surface area contributed by atoms with Gasteiger partial charge in [0, 0.05) is 31.4 Å². The Kier molecular flexibility index (Phi) is 3.27. The number of halogens is 1. The largest absolute Gasteiger partial charge is 0.341 e. The number of nitrogens with zero attached hydrogens (tertiary/aromatic N) is 2. The van der Waals surface area contributed by atoms with Crippen molar-refractivity contribution in [1.82, 2.24) is 9.88 Å². The van der Waals surface area contributed by atoms with E-state index in [1.165, 1.54) is 17.7 Å². The van der Waals surface area contributed by atoms with Crippen LogP contribution in [0.2, 0.25) is 0 Å². The van der Waals surface area contributed by atoms with E-state index in [1.807, 2.05) is 17.2 Å². The summed E-state index contributed by atoms with van der Waals surface area (Å²) < 4.78 is 13.3. The molecule has 124 valence electrons. The minimum atomic E-state index is -0.499. The van der Waals surface area contributed by atoms with Crippen LogP contribution < -0.4 is 0 Å². The van der Waals surface area contributed by atoms with Crippen LogP contribution in [0.15, 0.2) is 48.8 Å². The summed E-state index contributed by atoms with van der Waals surface area (Å²) in [7, 11) is 0. The minimum Gasteiger partial charge on any atom is -0.341 e. The molecule has 24 heavy (non-hydrogen) atoms. The van der Waals surface area contributed by atoms with E-state index in [1.54, 1.807) is 18.3 Å². The Balaban J connectivity index is 1.54. The van der Waals surface area contributed by atoms with Gasteiger partial charge in [-0.3, -0.25) is 9.78 Å². The summed E-state index contributed by atoms with van der Waals surface area (Å²) in [6.45, 7) is 5.71. The highest BCUT2D eigenvalue weighted by Gasteiger charge is 2.68. The van der Waals surface area contributed by atoms with E-state index in [0.29, 0.717) is 5.92 Å². The van der Waals surface area contributed by atoms with Crippen molar-refractivity contribution in [3.63, 3.8) is 0 Å². The summed E-state index contributed by atoms with van der Waals surface area (Å²) in [5.74, 6) is 0.287. The highest BCUT2D eigenvalue weighted by Crippen LogP contribution is 2.65. The molecule has 1 aromatic heterocycles. The predicted octanol–water partition coefficient (Wildman–Crippen LogP) is 3.51. The second-order valence-electron chi connectivity index (χ2n) is 7.67. The Morgan fingerprint density at radius 2 is 1.88 bits per heavy atom. The van der Waals surface area contributed by atoms with Crippen LogP contribution in [-0.2, 0) is 10.2 Å². The molecule has 2 aromatic rings. The molecule has 0 N–H and O–H groups in total. The average Bonchev–Trinajstić information content (AvgIpc) is 3.11. The second-order valence-corrected chi connectivity index (χ2v) is 7.67. The van der Waals surface area contributed by atoms with Crippen molar-refractivity contribution >= 4 is 5.91 Å². The lowest BCUT2D eigenvalue weighted by Crippen LogP contribution is -2.53. The molecule has 1 aliphatic carbocycles. The van der Waals surface area contributed by atoms with Crippen molar-refractivity contribution in [3.05, 3.63) is 65.7 Å². The van der Waals surface area contributed by atoms with Crippen LogP contribution in [0.5, 0.6) is 0 Å². The third-order valence-electron chi connectivity index (χ3n) is 5.76. The van der Waals surface area contributed by atoms with Gasteiger partial charge in [0.15, 0.2) is 0 Å². The Hall–Kier alpha value is -2.23. The van der Waals surface area contributed by atoms with Crippen molar-refractivity contribution in [2.75, 3.05) is 13.1 Å². The molecule has 1 saturated carbocycles. The Morgan fingerprint density at radius 1 is 1.21 bits per heavy atom. The van der Waals surface area contributed by atoms with E-state index in [4.69, 9.17) is 0 Å². The molecule has 0 radical (unpaired) electrons. The smallest absolute Gasteiger partial charge is 0.233 e. The third kappa shape index (κ3) is 2.16. The molecule has 0 bridgehead atoms. The Labute approximate surface area is 141 Å². The number of benzene rings is 1. The number of carbonyl (C=O) groups is 1. The fourth-order valence-electron chi connectivity index (χ4n) is 4.08. The topological polar surface area (TPSA) is 33.2 Å². The predicted molar refractivity (Wildman–Crippen MR) is 90.0 cm³/mol. The highest BCUT2D eigenvalue weighted by molar-refractivity contribution is 5.93. The van der Waals surface area contributed by atoms with Crippen molar-refractivity contribution in [2.24, 2.45) is 5.41 Å². The van der Waals surface area contributed by atoms with Gasteiger partial charge in [0.25, 0.3) is 0 Å². The lowest BCUT2D eigenvalue weighted by atomic mass is 9.83. The molecule has 1 saturated heterocycles. The monoisotopic (exact) mass is 324 g/mol. The number of hydrogen-bond acceptors (Lipinski definition) is 2. The van der Waals surface area contributed by atoms with E-state index in [0.717, 1.165) is 25.1 Å². The lowest BCUT2D eigenvalue weighted by Gasteiger charge is -2.42. The van der Waals surface area contributed by atoms with Crippen molar-refractivity contribution in [3.8, 4) is 0 Å². The zero-order chi connectivity index (χ0) is 16.9. The van der Waals surface area contributed by atoms with Gasteiger partial charge in [-0.1, -0.05) is 32.0 Å². The molecule has 4 rings (SSSR count). The molecule has 2 fully saturated rings. The molecule has 1 amide bonds. The van der Waals surface area contributed by atoms with Crippen molar-refractivity contribution < 1.29 is 9.18 Å². The van der Waals surface area contributed by atoms with Gasteiger partial charge in [0.2, 0.25) is 5.91 Å². The van der Waals surface area contributed by atoms with Gasteiger partial charge in [0.1, 0.15) is 5.82 Å². The standard InChI is InChI=1S/C20H21FN2O/c1-19(2)13-20(19,16-5-7-17(21)8-6-16)18(24)23-11-15(12-23)14-4-3-9-22-10-14/h3-10,15H,11-13H2,1-2H3/t20-/m1/s1. The third-order valence-corrected chi connectivity index (χ3v) is 5.76. The molecule has 0 spiro atoms. The summed E-state index contributed by atoms with van der Waals surface area (Å²) in [5.41, 5.74) is 1.54. The maximum absolute atomic E-state index is 13.3. The molecule has 1 atom stereocenters. The SMILES string of the molecule is CC1(C)C[C@]1(C(=O)N1CC(c2cccnc2)C1)c1ccc(F)cc1. The average molecular weight is 324 g/mol. The van der Waals surface area contributed by atoms with Gasteiger partial charge in [-0.05, 0) is 41.2 Å². The zero-order valence-electron chi connectivity index (χ0n) is 14.0. The summed E-state index contributed by atoms with van der Waals surface area (Å²) in [6.07, 6.45) is 4.46. The van der Waals surface area contributed by atoms with Crippen LogP contribution in [0.1, 0.15) is 37.3 Å². The first kappa shape index (κ1) is 15.3. The Bertz CT molecular complexity index is 766. The van der Waals surface area contributed by atoms with Crippen molar-refractivity contribution in [2.45, 2.75) is 31.6 Å². The first-order chi connectivity index (χ1) is 11.4. The van der Waals surface area contributed by atoms with E-state index in [9.17, 15) is 9.18 Å². The number of carbonyl (C=O) groups excluding carboxylic acids is 1. The van der Waals surface area contributed by atoms with Crippen LogP contribution in [-0.4, -0.2) is 28.9 Å². The number of likely N-dealkylation sites (tertiary alicyclic amines) is 1. The van der Waals surface area contributed by atoms with Crippen LogP contribution in [0.3, 0.4) is 0 Å². The molecule has 1 aromatic carbocycles. The summed E-state index contributed by atoms with van der Waals surface area (Å²) >= 11 is 0. The molecule has 3 nitrogen and oxygen atoms in total. The molecule has 2 heterocycles. The van der Waals surface area contributed by atoms with Gasteiger partial charge in [0.05, 0.1) is 5.41 Å². The number of rotatable bonds is 3. The van der Waals surface area contributed by atoms with Crippen LogP contribution in [0.4, 0.5) is 4.39 Å². The lowest BCUT2D eigenvalue weighted by molar-refractivity contribution is -0.139. The van der Waals surface area contributed by atoms with Gasteiger partial charge in [-0.25, -0.2) is 4.39 Å². The maximum atomic E-state index is 13.3. The van der Waals surface area contributed by atoms with E-state index in [2.05, 4.69) is 24.9 Å². The van der Waals surface area contributed by atoms with E-state index >= 15 is 0 Å². The van der Waals surface area contributed by atoms with Crippen LogP contribution >= 0.6 is 0 Å². The van der Waals surface area contributed by atoms with Gasteiger partial charge < -0.3 is 4.90 Å². The molecule has 0 unspecified atom stereocenters. The molecule has 1 aliphatic heterocycles. The normalized spacial score (nSPS) is 25.2. The zero-order valence-corrected chi connectivity index (χ0v) is 14.0. The van der Waals surface area contributed by atoms with E-state index in [-0.39, 0.29) is 17.1 Å². The maximum Gasteiger partial charge on any atom is 0.233 e.